The van der Waals surface area contributed by atoms with Gasteiger partial charge in [0.05, 0.1) is 4.92 Å². The van der Waals surface area contributed by atoms with Crippen LogP contribution in [0.15, 0.2) is 48.5 Å². The van der Waals surface area contributed by atoms with Crippen molar-refractivity contribution >= 4 is 23.0 Å². The number of piperazine rings is 1. The standard InChI is InChI=1S/C20H22N4O3/c25-20(23-12-10-22(11-13-23)17-4-2-1-3-5-17)15-6-9-18(21-16-7-8-16)19(14-15)24(26)27/h1-6,9,14,16,21H,7-8,10-13H2. The van der Waals surface area contributed by atoms with Crippen molar-refractivity contribution in [1.29, 1.82) is 0 Å². The largest absolute Gasteiger partial charge is 0.377 e. The number of carbonyl (C=O) groups is 1. The summed E-state index contributed by atoms with van der Waals surface area (Å²) < 4.78 is 0. The summed E-state index contributed by atoms with van der Waals surface area (Å²) >= 11 is 0. The number of nitro groups is 1. The molecule has 0 aromatic heterocycles. The second-order valence-electron chi connectivity index (χ2n) is 7.02. The normalized spacial score (nSPS) is 16.9. The molecule has 2 aliphatic rings. The maximum Gasteiger partial charge on any atom is 0.293 e. The molecule has 7 nitrogen and oxygen atoms in total. The summed E-state index contributed by atoms with van der Waals surface area (Å²) in [4.78, 5) is 27.8. The molecular formula is C20H22N4O3. The van der Waals surface area contributed by atoms with Crippen LogP contribution >= 0.6 is 0 Å². The van der Waals surface area contributed by atoms with Gasteiger partial charge in [-0.25, -0.2) is 0 Å². The van der Waals surface area contributed by atoms with Gasteiger partial charge >= 0.3 is 0 Å². The van der Waals surface area contributed by atoms with Gasteiger partial charge in [-0.1, -0.05) is 18.2 Å². The maximum absolute atomic E-state index is 12.8. The smallest absolute Gasteiger partial charge is 0.293 e. The Kier molecular flexibility index (Phi) is 4.66. The highest BCUT2D eigenvalue weighted by Crippen LogP contribution is 2.32. The maximum atomic E-state index is 12.8. The molecule has 7 heteroatoms. The molecule has 0 atom stereocenters. The molecule has 2 aromatic rings. The van der Waals surface area contributed by atoms with E-state index < -0.39 is 4.92 Å². The molecule has 1 heterocycles. The van der Waals surface area contributed by atoms with Crippen molar-refractivity contribution in [3.63, 3.8) is 0 Å². The number of benzene rings is 2. The van der Waals surface area contributed by atoms with Crippen molar-refractivity contribution in [2.24, 2.45) is 0 Å². The Balaban J connectivity index is 1.45. The average Bonchev–Trinajstić information content (AvgIpc) is 3.52. The highest BCUT2D eigenvalue weighted by Gasteiger charge is 2.27. The number of anilines is 2. The quantitative estimate of drug-likeness (QED) is 0.650. The molecule has 1 N–H and O–H groups in total. The number of rotatable bonds is 5. The van der Waals surface area contributed by atoms with Crippen molar-refractivity contribution in [3.05, 3.63) is 64.2 Å². The highest BCUT2D eigenvalue weighted by atomic mass is 16.6. The van der Waals surface area contributed by atoms with Crippen LogP contribution in [0.1, 0.15) is 23.2 Å². The predicted molar refractivity (Wildman–Crippen MR) is 104 cm³/mol. The number of para-hydroxylation sites is 1. The lowest BCUT2D eigenvalue weighted by Gasteiger charge is -2.36. The van der Waals surface area contributed by atoms with Gasteiger partial charge in [-0.05, 0) is 37.1 Å². The Morgan fingerprint density at radius 1 is 1.04 bits per heavy atom. The molecule has 0 spiro atoms. The zero-order valence-electron chi connectivity index (χ0n) is 15.0. The first-order valence-electron chi connectivity index (χ1n) is 9.26. The van der Waals surface area contributed by atoms with Gasteiger partial charge in [-0.3, -0.25) is 14.9 Å². The third-order valence-corrected chi connectivity index (χ3v) is 5.07. The van der Waals surface area contributed by atoms with Crippen LogP contribution in [0.5, 0.6) is 0 Å². The van der Waals surface area contributed by atoms with Crippen LogP contribution in [-0.2, 0) is 0 Å². The summed E-state index contributed by atoms with van der Waals surface area (Å²) in [5.74, 6) is -0.149. The van der Waals surface area contributed by atoms with Gasteiger partial charge in [0.1, 0.15) is 5.69 Å². The lowest BCUT2D eigenvalue weighted by atomic mass is 10.1. The first kappa shape index (κ1) is 17.3. The van der Waals surface area contributed by atoms with Crippen molar-refractivity contribution in [2.75, 3.05) is 36.4 Å². The third-order valence-electron chi connectivity index (χ3n) is 5.07. The molecule has 1 aliphatic carbocycles. The van der Waals surface area contributed by atoms with E-state index in [0.717, 1.165) is 31.6 Å². The van der Waals surface area contributed by atoms with E-state index in [4.69, 9.17) is 0 Å². The van der Waals surface area contributed by atoms with Crippen LogP contribution < -0.4 is 10.2 Å². The molecular weight excluding hydrogens is 344 g/mol. The fourth-order valence-electron chi connectivity index (χ4n) is 3.37. The summed E-state index contributed by atoms with van der Waals surface area (Å²) in [5, 5.41) is 14.6. The summed E-state index contributed by atoms with van der Waals surface area (Å²) in [6.07, 6.45) is 2.06. The van der Waals surface area contributed by atoms with Gasteiger partial charge in [0.25, 0.3) is 11.6 Å². The number of amides is 1. The minimum absolute atomic E-state index is 0.0318. The Hall–Kier alpha value is -3.09. The lowest BCUT2D eigenvalue weighted by molar-refractivity contribution is -0.384. The molecule has 0 bridgehead atoms. The van der Waals surface area contributed by atoms with Crippen molar-refractivity contribution in [2.45, 2.75) is 18.9 Å². The van der Waals surface area contributed by atoms with Crippen LogP contribution in [0.2, 0.25) is 0 Å². The zero-order chi connectivity index (χ0) is 18.8. The molecule has 2 aromatic carbocycles. The summed E-state index contributed by atoms with van der Waals surface area (Å²) in [6.45, 7) is 2.70. The number of carbonyl (C=O) groups excluding carboxylic acids is 1. The second-order valence-corrected chi connectivity index (χ2v) is 7.02. The SMILES string of the molecule is O=C(c1ccc(NC2CC2)c([N+](=O)[O-])c1)N1CCN(c2ccccc2)CC1. The topological polar surface area (TPSA) is 78.7 Å². The lowest BCUT2D eigenvalue weighted by Crippen LogP contribution is -2.48. The summed E-state index contributed by atoms with van der Waals surface area (Å²) in [7, 11) is 0. The Labute approximate surface area is 157 Å². The minimum Gasteiger partial charge on any atom is -0.377 e. The first-order chi connectivity index (χ1) is 13.1. The van der Waals surface area contributed by atoms with Gasteiger partial charge in [0.15, 0.2) is 0 Å². The average molecular weight is 366 g/mol. The van der Waals surface area contributed by atoms with Crippen LogP contribution in [0, 0.1) is 10.1 Å². The molecule has 4 rings (SSSR count). The van der Waals surface area contributed by atoms with Crippen LogP contribution in [0.25, 0.3) is 0 Å². The van der Waals surface area contributed by atoms with E-state index in [-0.39, 0.29) is 11.6 Å². The van der Waals surface area contributed by atoms with E-state index >= 15 is 0 Å². The van der Waals surface area contributed by atoms with Crippen LogP contribution in [0.3, 0.4) is 0 Å². The molecule has 0 radical (unpaired) electrons. The van der Waals surface area contributed by atoms with E-state index in [9.17, 15) is 14.9 Å². The zero-order valence-corrected chi connectivity index (χ0v) is 15.0. The Bertz CT molecular complexity index is 844. The minimum atomic E-state index is -0.422. The third kappa shape index (κ3) is 3.86. The molecule has 2 fully saturated rings. The fraction of sp³-hybridized carbons (Fsp3) is 0.350. The van der Waals surface area contributed by atoms with E-state index in [1.807, 2.05) is 18.2 Å². The van der Waals surface area contributed by atoms with Crippen molar-refractivity contribution in [1.82, 2.24) is 4.90 Å². The molecule has 0 unspecified atom stereocenters. The molecule has 140 valence electrons. The number of nitrogens with one attached hydrogen (secondary N) is 1. The Morgan fingerprint density at radius 2 is 1.74 bits per heavy atom. The highest BCUT2D eigenvalue weighted by molar-refractivity contribution is 5.96. The second kappa shape index (κ2) is 7.26. The summed E-state index contributed by atoms with van der Waals surface area (Å²) in [5.41, 5.74) is 1.98. The monoisotopic (exact) mass is 366 g/mol. The molecule has 27 heavy (non-hydrogen) atoms. The molecule has 1 saturated carbocycles. The molecule has 1 saturated heterocycles. The number of nitrogens with zero attached hydrogens (tertiary/aromatic N) is 3. The Morgan fingerprint density at radius 3 is 2.37 bits per heavy atom. The number of nitro benzene ring substituents is 1. The van der Waals surface area contributed by atoms with Gasteiger partial charge < -0.3 is 15.1 Å². The predicted octanol–water partition coefficient (Wildman–Crippen LogP) is 3.13. The van der Waals surface area contributed by atoms with Gasteiger partial charge in [0.2, 0.25) is 0 Å². The van der Waals surface area contributed by atoms with Crippen molar-refractivity contribution < 1.29 is 9.72 Å². The van der Waals surface area contributed by atoms with E-state index in [1.54, 1.807) is 17.0 Å². The van der Waals surface area contributed by atoms with Crippen LogP contribution in [0.4, 0.5) is 17.1 Å². The van der Waals surface area contributed by atoms with Gasteiger partial charge in [0, 0.05) is 49.5 Å². The first-order valence-corrected chi connectivity index (χ1v) is 9.26. The van der Waals surface area contributed by atoms with E-state index in [1.165, 1.54) is 6.07 Å². The summed E-state index contributed by atoms with van der Waals surface area (Å²) in [6, 6.07) is 15.2. The van der Waals surface area contributed by atoms with Crippen molar-refractivity contribution in [3.8, 4) is 0 Å². The van der Waals surface area contributed by atoms with Gasteiger partial charge in [-0.15, -0.1) is 0 Å². The molecule has 1 amide bonds. The fourth-order valence-corrected chi connectivity index (χ4v) is 3.37. The molecule has 1 aliphatic heterocycles. The van der Waals surface area contributed by atoms with Crippen LogP contribution in [-0.4, -0.2) is 48.0 Å². The number of hydrogen-bond acceptors (Lipinski definition) is 5. The van der Waals surface area contributed by atoms with Gasteiger partial charge in [-0.2, -0.15) is 0 Å². The van der Waals surface area contributed by atoms with E-state index in [0.29, 0.717) is 30.4 Å². The number of hydrogen-bond donors (Lipinski definition) is 1. The van der Waals surface area contributed by atoms with E-state index in [2.05, 4.69) is 22.3 Å².